The average Bonchev–Trinajstić information content (AvgIpc) is 3.21. The lowest BCUT2D eigenvalue weighted by Gasteiger charge is -2.37. The molecule has 0 aliphatic carbocycles. The van der Waals surface area contributed by atoms with Crippen LogP contribution in [0, 0.1) is 0 Å². The zero-order chi connectivity index (χ0) is 14.7. The maximum atomic E-state index is 11.4. The van der Waals surface area contributed by atoms with Crippen LogP contribution in [-0.2, 0) is 5.60 Å². The first-order chi connectivity index (χ1) is 10.2. The van der Waals surface area contributed by atoms with E-state index in [1.165, 1.54) is 32.4 Å². The van der Waals surface area contributed by atoms with Crippen LogP contribution >= 0.6 is 22.7 Å². The van der Waals surface area contributed by atoms with E-state index in [-0.39, 0.29) is 0 Å². The van der Waals surface area contributed by atoms with Crippen LogP contribution < -0.4 is 0 Å². The van der Waals surface area contributed by atoms with E-state index >= 15 is 0 Å². The van der Waals surface area contributed by atoms with Gasteiger partial charge in [0.15, 0.2) is 0 Å². The molecule has 2 aromatic rings. The molecule has 0 aromatic carbocycles. The average molecular weight is 322 g/mol. The van der Waals surface area contributed by atoms with Gasteiger partial charge in [-0.15, -0.1) is 0 Å². The van der Waals surface area contributed by atoms with Crippen molar-refractivity contribution in [1.29, 1.82) is 0 Å². The molecule has 1 saturated heterocycles. The zero-order valence-electron chi connectivity index (χ0n) is 12.5. The lowest BCUT2D eigenvalue weighted by Crippen LogP contribution is -2.42. The molecule has 3 heterocycles. The summed E-state index contributed by atoms with van der Waals surface area (Å²) < 4.78 is 0. The van der Waals surface area contributed by atoms with Gasteiger partial charge in [0, 0.05) is 6.04 Å². The molecule has 1 N–H and O–H groups in total. The molecule has 1 unspecified atom stereocenters. The number of rotatable bonds is 5. The molecule has 114 valence electrons. The molecule has 3 rings (SSSR count). The Bertz CT molecular complexity index is 495. The summed E-state index contributed by atoms with van der Waals surface area (Å²) in [7, 11) is 0. The van der Waals surface area contributed by atoms with Crippen molar-refractivity contribution >= 4 is 22.7 Å². The monoisotopic (exact) mass is 321 g/mol. The van der Waals surface area contributed by atoms with Gasteiger partial charge in [0.1, 0.15) is 5.60 Å². The Labute approximate surface area is 135 Å². The molecule has 0 bridgehead atoms. The third-order valence-corrected chi connectivity index (χ3v) is 5.97. The topological polar surface area (TPSA) is 23.5 Å². The van der Waals surface area contributed by atoms with Crippen molar-refractivity contribution in [2.75, 3.05) is 13.1 Å². The summed E-state index contributed by atoms with van der Waals surface area (Å²) in [6.07, 6.45) is 4.70. The number of aliphatic hydroxyl groups is 1. The lowest BCUT2D eigenvalue weighted by molar-refractivity contribution is 0.0329. The summed E-state index contributed by atoms with van der Waals surface area (Å²) in [6, 6.07) is 4.52. The van der Waals surface area contributed by atoms with Crippen LogP contribution in [0.2, 0.25) is 0 Å². The molecule has 4 heteroatoms. The zero-order valence-corrected chi connectivity index (χ0v) is 14.1. The fraction of sp³-hybridized carbons (Fsp3) is 0.529. The molecule has 0 saturated carbocycles. The van der Waals surface area contributed by atoms with Gasteiger partial charge in [-0.1, -0.05) is 6.42 Å². The summed E-state index contributed by atoms with van der Waals surface area (Å²) in [6.45, 7) is 4.60. The van der Waals surface area contributed by atoms with Gasteiger partial charge >= 0.3 is 0 Å². The molecule has 0 spiro atoms. The highest BCUT2D eigenvalue weighted by atomic mass is 32.1. The van der Waals surface area contributed by atoms with Crippen LogP contribution in [0.15, 0.2) is 33.7 Å². The molecule has 2 aromatic heterocycles. The van der Waals surface area contributed by atoms with E-state index in [0.717, 1.165) is 17.5 Å². The summed E-state index contributed by atoms with van der Waals surface area (Å²) in [4.78, 5) is 2.53. The van der Waals surface area contributed by atoms with Crippen LogP contribution in [0.1, 0.15) is 43.7 Å². The van der Waals surface area contributed by atoms with Crippen molar-refractivity contribution in [3.05, 3.63) is 44.8 Å². The molecular weight excluding hydrogens is 298 g/mol. The SMILES string of the molecule is CC(CC(O)(c1ccsc1)c1ccsc1)N1CCCCC1. The smallest absolute Gasteiger partial charge is 0.118 e. The van der Waals surface area contributed by atoms with Crippen LogP contribution in [0.25, 0.3) is 0 Å². The van der Waals surface area contributed by atoms with E-state index in [1.54, 1.807) is 22.7 Å². The fourth-order valence-corrected chi connectivity index (χ4v) is 4.77. The molecule has 1 fully saturated rings. The third-order valence-electron chi connectivity index (χ3n) is 4.60. The maximum absolute atomic E-state index is 11.4. The minimum Gasteiger partial charge on any atom is -0.380 e. The van der Waals surface area contributed by atoms with Crippen LogP contribution in [0.5, 0.6) is 0 Å². The van der Waals surface area contributed by atoms with Crippen molar-refractivity contribution in [1.82, 2.24) is 4.90 Å². The van der Waals surface area contributed by atoms with Crippen molar-refractivity contribution in [2.24, 2.45) is 0 Å². The van der Waals surface area contributed by atoms with E-state index in [2.05, 4.69) is 45.5 Å². The first kappa shape index (κ1) is 15.2. The largest absolute Gasteiger partial charge is 0.380 e. The Kier molecular flexibility index (Phi) is 4.79. The standard InChI is InChI=1S/C17H23NOS2/c1-14(18-7-3-2-4-8-18)11-17(19,15-5-9-20-12-15)16-6-10-21-13-16/h5-6,9-10,12-14,19H,2-4,7-8,11H2,1H3. The molecule has 21 heavy (non-hydrogen) atoms. The van der Waals surface area contributed by atoms with Gasteiger partial charge in [0.2, 0.25) is 0 Å². The van der Waals surface area contributed by atoms with Crippen molar-refractivity contribution in [3.8, 4) is 0 Å². The second kappa shape index (κ2) is 6.61. The third kappa shape index (κ3) is 3.24. The van der Waals surface area contributed by atoms with Crippen LogP contribution in [0.4, 0.5) is 0 Å². The molecule has 1 atom stereocenters. The second-order valence-electron chi connectivity index (χ2n) is 6.03. The minimum absolute atomic E-state index is 0.398. The van der Waals surface area contributed by atoms with E-state index in [0.29, 0.717) is 6.04 Å². The predicted octanol–water partition coefficient (Wildman–Crippen LogP) is 4.31. The number of likely N-dealkylation sites (tertiary alicyclic amines) is 1. The van der Waals surface area contributed by atoms with E-state index < -0.39 is 5.60 Å². The number of nitrogens with zero attached hydrogens (tertiary/aromatic N) is 1. The van der Waals surface area contributed by atoms with Gasteiger partial charge < -0.3 is 10.0 Å². The summed E-state index contributed by atoms with van der Waals surface area (Å²) >= 11 is 3.31. The summed E-state index contributed by atoms with van der Waals surface area (Å²) in [5, 5.41) is 19.7. The molecular formula is C17H23NOS2. The van der Waals surface area contributed by atoms with Crippen molar-refractivity contribution < 1.29 is 5.11 Å². The highest BCUT2D eigenvalue weighted by Gasteiger charge is 2.35. The maximum Gasteiger partial charge on any atom is 0.118 e. The number of hydrogen-bond acceptors (Lipinski definition) is 4. The normalized spacial score (nSPS) is 18.8. The molecule has 0 amide bonds. The highest BCUT2D eigenvalue weighted by molar-refractivity contribution is 7.08. The van der Waals surface area contributed by atoms with Crippen LogP contribution in [0.3, 0.4) is 0 Å². The highest BCUT2D eigenvalue weighted by Crippen LogP contribution is 2.37. The van der Waals surface area contributed by atoms with Crippen LogP contribution in [-0.4, -0.2) is 29.1 Å². The van der Waals surface area contributed by atoms with Crippen molar-refractivity contribution in [3.63, 3.8) is 0 Å². The molecule has 1 aliphatic heterocycles. The Morgan fingerprint density at radius 1 is 1.10 bits per heavy atom. The number of thiophene rings is 2. The second-order valence-corrected chi connectivity index (χ2v) is 7.59. The predicted molar refractivity (Wildman–Crippen MR) is 91.1 cm³/mol. The summed E-state index contributed by atoms with van der Waals surface area (Å²) in [5.41, 5.74) is 1.22. The number of piperidine rings is 1. The molecule has 2 nitrogen and oxygen atoms in total. The Morgan fingerprint density at radius 2 is 1.67 bits per heavy atom. The molecule has 0 radical (unpaired) electrons. The van der Waals surface area contributed by atoms with Gasteiger partial charge in [-0.3, -0.25) is 0 Å². The Balaban J connectivity index is 1.83. The van der Waals surface area contributed by atoms with Crippen molar-refractivity contribution in [2.45, 2.75) is 44.2 Å². The van der Waals surface area contributed by atoms with E-state index in [9.17, 15) is 5.11 Å². The van der Waals surface area contributed by atoms with Gasteiger partial charge in [0.25, 0.3) is 0 Å². The first-order valence-electron chi connectivity index (χ1n) is 7.72. The van der Waals surface area contributed by atoms with Gasteiger partial charge in [-0.05, 0) is 84.1 Å². The van der Waals surface area contributed by atoms with E-state index in [1.807, 2.05) is 0 Å². The Hall–Kier alpha value is -0.680. The van der Waals surface area contributed by atoms with Gasteiger partial charge in [0.05, 0.1) is 0 Å². The van der Waals surface area contributed by atoms with E-state index in [4.69, 9.17) is 0 Å². The van der Waals surface area contributed by atoms with Gasteiger partial charge in [-0.25, -0.2) is 0 Å². The minimum atomic E-state index is -0.850. The number of hydrogen-bond donors (Lipinski definition) is 1. The quantitative estimate of drug-likeness (QED) is 0.887. The first-order valence-corrected chi connectivity index (χ1v) is 9.60. The van der Waals surface area contributed by atoms with Gasteiger partial charge in [-0.2, -0.15) is 22.7 Å². The summed E-state index contributed by atoms with van der Waals surface area (Å²) in [5.74, 6) is 0. The fourth-order valence-electron chi connectivity index (χ4n) is 3.32. The molecule has 1 aliphatic rings. The lowest BCUT2D eigenvalue weighted by atomic mass is 9.83. The Morgan fingerprint density at radius 3 is 2.14 bits per heavy atom.